The monoisotopic (exact) mass is 677 g/mol. The van der Waals surface area contributed by atoms with Gasteiger partial charge in [0.1, 0.15) is 11.6 Å². The third kappa shape index (κ3) is 6.73. The van der Waals surface area contributed by atoms with Gasteiger partial charge in [-0.1, -0.05) is 26.8 Å². The predicted molar refractivity (Wildman–Crippen MR) is 161 cm³/mol. The number of nitrogens with one attached hydrogen (secondary N) is 2. The highest BCUT2D eigenvalue weighted by Crippen LogP contribution is 2.53. The maximum atomic E-state index is 15.0. The van der Waals surface area contributed by atoms with E-state index in [1.807, 2.05) is 0 Å². The highest BCUT2D eigenvalue weighted by atomic mass is 19.4. The highest BCUT2D eigenvalue weighted by Gasteiger charge is 2.57. The average molecular weight is 678 g/mol. The average Bonchev–Trinajstić information content (AvgIpc) is 3.37. The first-order valence-electron chi connectivity index (χ1n) is 16.3. The molecule has 260 valence electrons. The number of hydrogen-bond acceptors (Lipinski definition) is 5. The second-order valence-electron chi connectivity index (χ2n) is 14.1. The Labute approximate surface area is 273 Å². The molecule has 7 nitrogen and oxygen atoms in total. The maximum Gasteiger partial charge on any atom is 0.416 e. The molecule has 3 aromatic rings. The fourth-order valence-electron chi connectivity index (χ4n) is 5.88. The molecule has 2 heterocycles. The van der Waals surface area contributed by atoms with E-state index < -0.39 is 98.7 Å². The van der Waals surface area contributed by atoms with E-state index >= 15 is 0 Å². The Morgan fingerprint density at radius 1 is 1.00 bits per heavy atom. The van der Waals surface area contributed by atoms with Gasteiger partial charge in [-0.25, -0.2) is 14.3 Å². The van der Waals surface area contributed by atoms with Crippen LogP contribution in [0.4, 0.5) is 30.7 Å². The molecule has 1 aliphatic rings. The summed E-state index contributed by atoms with van der Waals surface area (Å²) in [4.78, 5) is 16.3. The standard InChI is InChI=1S/C33H41F7N4O3/c1-17-13-20(34)11-12-21(17)25-26(46-30(8,9)29(6,7)44(25)16-24-41-27(45)43-42-24)47-31(10,28(3,4)5)22-14-19(32(35,36)37)15-23(18(22)2)33(38,39)40/h11-15,25-26H,16H2,1-10H3,(H2,41,42,43,45)/t25-,26+,31-/m0/s1/i11D,12D,13D. The van der Waals surface area contributed by atoms with Gasteiger partial charge in [-0.3, -0.25) is 9.88 Å². The number of benzene rings is 2. The summed E-state index contributed by atoms with van der Waals surface area (Å²) < 4.78 is 139. The number of halogens is 7. The first-order valence-corrected chi connectivity index (χ1v) is 14.8. The van der Waals surface area contributed by atoms with Crippen LogP contribution in [0.25, 0.3) is 0 Å². The molecule has 1 aromatic heterocycles. The van der Waals surface area contributed by atoms with Crippen LogP contribution in [0, 0.1) is 25.1 Å². The lowest BCUT2D eigenvalue weighted by molar-refractivity contribution is -0.347. The summed E-state index contributed by atoms with van der Waals surface area (Å²) in [6, 6.07) is -2.92. The maximum absolute atomic E-state index is 15.0. The summed E-state index contributed by atoms with van der Waals surface area (Å²) in [5, 5.41) is 6.26. The van der Waals surface area contributed by atoms with Gasteiger partial charge in [0.15, 0.2) is 6.29 Å². The number of hydrogen-bond donors (Lipinski definition) is 2. The van der Waals surface area contributed by atoms with Crippen molar-refractivity contribution in [2.75, 3.05) is 0 Å². The summed E-state index contributed by atoms with van der Waals surface area (Å²) in [6.45, 7) is 15.1. The Kier molecular flexibility index (Phi) is 8.07. The summed E-state index contributed by atoms with van der Waals surface area (Å²) >= 11 is 0. The van der Waals surface area contributed by atoms with E-state index in [1.165, 1.54) is 13.8 Å². The largest absolute Gasteiger partial charge is 0.416 e. The van der Waals surface area contributed by atoms with Crippen molar-refractivity contribution >= 4 is 0 Å². The summed E-state index contributed by atoms with van der Waals surface area (Å²) in [7, 11) is 0. The summed E-state index contributed by atoms with van der Waals surface area (Å²) in [5.74, 6) is -1.15. The van der Waals surface area contributed by atoms with Gasteiger partial charge >= 0.3 is 18.0 Å². The summed E-state index contributed by atoms with van der Waals surface area (Å²) in [5.41, 5.74) is -10.3. The van der Waals surface area contributed by atoms with Crippen molar-refractivity contribution < 1.29 is 44.3 Å². The zero-order valence-electron chi connectivity index (χ0n) is 30.8. The van der Waals surface area contributed by atoms with E-state index in [9.17, 15) is 35.5 Å². The molecule has 0 radical (unpaired) electrons. The number of H-pyrrole nitrogens is 2. The lowest BCUT2D eigenvalue weighted by Crippen LogP contribution is -2.68. The third-order valence-corrected chi connectivity index (χ3v) is 9.71. The van der Waals surface area contributed by atoms with Crippen LogP contribution in [0.15, 0.2) is 35.1 Å². The van der Waals surface area contributed by atoms with Gasteiger partial charge in [-0.2, -0.15) is 31.4 Å². The quantitative estimate of drug-likeness (QED) is 0.257. The Hall–Kier alpha value is -3.23. The highest BCUT2D eigenvalue weighted by molar-refractivity contribution is 5.45. The molecule has 0 unspecified atom stereocenters. The molecule has 0 bridgehead atoms. The molecule has 1 fully saturated rings. The van der Waals surface area contributed by atoms with Crippen LogP contribution in [0.1, 0.15) is 105 Å². The lowest BCUT2D eigenvalue weighted by atomic mass is 9.70. The van der Waals surface area contributed by atoms with Crippen molar-refractivity contribution in [1.82, 2.24) is 20.1 Å². The van der Waals surface area contributed by atoms with Crippen molar-refractivity contribution in [2.24, 2.45) is 5.41 Å². The molecule has 2 aromatic carbocycles. The van der Waals surface area contributed by atoms with Crippen LogP contribution in [-0.2, 0) is 34.0 Å². The molecule has 4 rings (SSSR count). The van der Waals surface area contributed by atoms with Gasteiger partial charge < -0.3 is 9.47 Å². The van der Waals surface area contributed by atoms with Gasteiger partial charge in [-0.15, -0.1) is 0 Å². The van der Waals surface area contributed by atoms with E-state index in [0.29, 0.717) is 6.07 Å². The van der Waals surface area contributed by atoms with E-state index in [4.69, 9.17) is 13.6 Å². The number of aromatic nitrogens is 3. The number of nitrogens with zero attached hydrogens (tertiary/aromatic N) is 2. The minimum absolute atomic E-state index is 0.0552. The second kappa shape index (κ2) is 11.7. The first-order chi connectivity index (χ1) is 22.5. The molecule has 1 aliphatic heterocycles. The molecule has 0 saturated carbocycles. The minimum atomic E-state index is -5.16. The summed E-state index contributed by atoms with van der Waals surface area (Å²) in [6.07, 6.45) is -12.0. The van der Waals surface area contributed by atoms with Crippen LogP contribution in [0.3, 0.4) is 0 Å². The fourth-order valence-corrected chi connectivity index (χ4v) is 5.88. The number of rotatable bonds is 6. The number of morpholine rings is 1. The van der Waals surface area contributed by atoms with Crippen LogP contribution in [0.2, 0.25) is 0 Å². The normalized spacial score (nSPS) is 22.8. The van der Waals surface area contributed by atoms with Crippen LogP contribution >= 0.6 is 0 Å². The van der Waals surface area contributed by atoms with Crippen molar-refractivity contribution in [2.45, 2.75) is 117 Å². The zero-order valence-corrected chi connectivity index (χ0v) is 27.8. The van der Waals surface area contributed by atoms with Gasteiger partial charge in [0.25, 0.3) is 0 Å². The van der Waals surface area contributed by atoms with E-state index in [-0.39, 0.29) is 29.6 Å². The van der Waals surface area contributed by atoms with Gasteiger partial charge in [0.2, 0.25) is 0 Å². The second-order valence-corrected chi connectivity index (χ2v) is 14.1. The molecule has 0 aliphatic carbocycles. The van der Waals surface area contributed by atoms with Crippen molar-refractivity contribution in [3.8, 4) is 0 Å². The Morgan fingerprint density at radius 2 is 1.60 bits per heavy atom. The van der Waals surface area contributed by atoms with Crippen molar-refractivity contribution in [3.05, 3.63) is 85.8 Å². The molecule has 14 heteroatoms. The van der Waals surface area contributed by atoms with E-state index in [2.05, 4.69) is 15.2 Å². The Bertz CT molecular complexity index is 1820. The smallest absolute Gasteiger partial charge is 0.343 e. The Morgan fingerprint density at radius 3 is 2.11 bits per heavy atom. The third-order valence-electron chi connectivity index (χ3n) is 9.71. The topological polar surface area (TPSA) is 83.2 Å². The zero-order chi connectivity index (χ0) is 38.3. The van der Waals surface area contributed by atoms with Crippen LogP contribution in [-0.4, -0.2) is 37.5 Å². The minimum Gasteiger partial charge on any atom is -0.343 e. The Balaban J connectivity index is 2.10. The fraction of sp³-hybridized carbons (Fsp3) is 0.576. The van der Waals surface area contributed by atoms with Gasteiger partial charge in [0, 0.05) is 5.54 Å². The molecule has 0 amide bonds. The van der Waals surface area contributed by atoms with E-state index in [0.717, 1.165) is 6.92 Å². The van der Waals surface area contributed by atoms with Gasteiger partial charge in [-0.05, 0) is 100 Å². The number of alkyl halides is 6. The number of ether oxygens (including phenoxy) is 2. The molecule has 3 atom stereocenters. The predicted octanol–water partition coefficient (Wildman–Crippen LogP) is 8.33. The van der Waals surface area contributed by atoms with Crippen molar-refractivity contribution in [1.29, 1.82) is 0 Å². The molecular formula is C33H41F7N4O3. The van der Waals surface area contributed by atoms with Gasteiger partial charge in [0.05, 0.1) is 39.0 Å². The molecule has 2 N–H and O–H groups in total. The molecule has 1 saturated heterocycles. The van der Waals surface area contributed by atoms with Crippen LogP contribution < -0.4 is 5.69 Å². The molecule has 0 spiro atoms. The van der Waals surface area contributed by atoms with Crippen LogP contribution in [0.5, 0.6) is 0 Å². The van der Waals surface area contributed by atoms with E-state index in [1.54, 1.807) is 53.4 Å². The first kappa shape index (κ1) is 32.3. The molecule has 47 heavy (non-hydrogen) atoms. The van der Waals surface area contributed by atoms with Crippen molar-refractivity contribution in [3.63, 3.8) is 0 Å². The number of aromatic amines is 2. The lowest BCUT2D eigenvalue weighted by Gasteiger charge is -2.60. The molecular weight excluding hydrogens is 633 g/mol. The SMILES string of the molecule is [2H]c1c([2H])c([C@H]2[C@@H](O[C@@](C)(c3cc(C(F)(F)F)cc(C(F)(F)F)c3C)C(C)(C)C)OC(C)(C)C(C)(C)N2Cc2n[nH]c(=O)[nH]2)c(C)c([2H])c1F.